The molecule has 1 heterocycles. The maximum atomic E-state index is 13.4. The van der Waals surface area contributed by atoms with Gasteiger partial charge >= 0.3 is 0 Å². The van der Waals surface area contributed by atoms with Crippen LogP contribution >= 0.6 is 0 Å². The van der Waals surface area contributed by atoms with E-state index in [0.717, 1.165) is 17.6 Å². The number of aliphatic hydroxyl groups is 1. The van der Waals surface area contributed by atoms with Crippen molar-refractivity contribution in [2.45, 2.75) is 112 Å². The molecule has 0 spiro atoms. The average molecular weight is 657 g/mol. The van der Waals surface area contributed by atoms with Crippen LogP contribution in [0.1, 0.15) is 79.1 Å². The second-order valence-electron chi connectivity index (χ2n) is 13.4. The molecule has 0 aliphatic heterocycles. The Bertz CT molecular complexity index is 1240. The highest BCUT2D eigenvalue weighted by atomic mass is 32.2. The predicted octanol–water partition coefficient (Wildman–Crippen LogP) is 1.25. The first-order valence-electron chi connectivity index (χ1n) is 15.7. The van der Waals surface area contributed by atoms with Gasteiger partial charge in [-0.15, -0.1) is 0 Å². The number of carbonyl (C=O) groups excluding carboxylic acids is 4. The van der Waals surface area contributed by atoms with Crippen molar-refractivity contribution >= 4 is 33.5 Å². The molecule has 0 radical (unpaired) electrons. The molecule has 5 N–H and O–H groups in total. The van der Waals surface area contributed by atoms with Gasteiger partial charge in [0.1, 0.15) is 21.9 Å². The quantitative estimate of drug-likeness (QED) is 0.147. The molecule has 0 bridgehead atoms. The Labute approximate surface area is 269 Å². The highest BCUT2D eigenvalue weighted by molar-refractivity contribution is 7.90. The lowest BCUT2D eigenvalue weighted by Crippen LogP contribution is -2.55. The van der Waals surface area contributed by atoms with E-state index in [4.69, 9.17) is 0 Å². The maximum absolute atomic E-state index is 13.4. The third-order valence-electron chi connectivity index (χ3n) is 7.27. The summed E-state index contributed by atoms with van der Waals surface area (Å²) in [6, 6.07) is -1.08. The Kier molecular flexibility index (Phi) is 16.2. The topological polar surface area (TPSA) is 189 Å². The second kappa shape index (κ2) is 18.2. The highest BCUT2D eigenvalue weighted by Crippen LogP contribution is 2.17. The molecule has 0 saturated carbocycles. The van der Waals surface area contributed by atoms with Gasteiger partial charge in [0.2, 0.25) is 23.6 Å². The van der Waals surface area contributed by atoms with E-state index in [9.17, 15) is 32.7 Å². The SMILES string of the molecule is Cc1cc(C)n(CCC(=O)N[C@@H](CS(C)(=O)=O)C(=O)N[C@@H](CC(C)C)[C@@H](O)C[C@@H](C)C(=O)N[C@@H](C(=O)NCC(C)C)C(C)C)n1. The minimum atomic E-state index is -3.67. The van der Waals surface area contributed by atoms with Gasteiger partial charge in [-0.1, -0.05) is 48.5 Å². The van der Waals surface area contributed by atoms with Crippen LogP contribution in [0.5, 0.6) is 0 Å². The van der Waals surface area contributed by atoms with Crippen molar-refractivity contribution in [1.82, 2.24) is 31.0 Å². The predicted molar refractivity (Wildman–Crippen MR) is 174 cm³/mol. The van der Waals surface area contributed by atoms with Gasteiger partial charge in [0, 0.05) is 37.4 Å². The van der Waals surface area contributed by atoms with Crippen molar-refractivity contribution in [2.75, 3.05) is 18.6 Å². The number of aromatic nitrogens is 2. The number of rotatable bonds is 19. The summed E-state index contributed by atoms with van der Waals surface area (Å²) in [4.78, 5) is 51.9. The minimum Gasteiger partial charge on any atom is -0.391 e. The third kappa shape index (κ3) is 15.2. The number of amides is 4. The zero-order valence-electron chi connectivity index (χ0n) is 28.6. The standard InChI is InChI=1S/C31H56N6O7S/c1-18(2)13-24(26(38)14-21(7)29(40)35-28(20(5)6)31(42)32-16-19(3)4)34-30(41)25(17-45(10,43)44)33-27(39)11-12-37-23(9)15-22(8)36-37/h15,18-21,24-26,28,38H,11-14,16-17H2,1-10H3,(H,32,42)(H,33,39)(H,34,41)(H,35,40)/t21-,24+,25+,26+,28-/m1/s1. The Balaban J connectivity index is 2.98. The largest absolute Gasteiger partial charge is 0.391 e. The number of carbonyl (C=O) groups is 4. The van der Waals surface area contributed by atoms with E-state index in [1.807, 2.05) is 61.5 Å². The second-order valence-corrected chi connectivity index (χ2v) is 15.6. The van der Waals surface area contributed by atoms with Crippen molar-refractivity contribution in [3.63, 3.8) is 0 Å². The molecular formula is C31H56N6O7S. The summed E-state index contributed by atoms with van der Waals surface area (Å²) in [5.74, 6) is -3.16. The molecule has 13 nitrogen and oxygen atoms in total. The van der Waals surface area contributed by atoms with Crippen LogP contribution in [0.2, 0.25) is 0 Å². The number of sulfone groups is 1. The van der Waals surface area contributed by atoms with Gasteiger partial charge in [-0.25, -0.2) is 8.42 Å². The Hall–Kier alpha value is -3.00. The van der Waals surface area contributed by atoms with Crippen LogP contribution in [0.3, 0.4) is 0 Å². The zero-order valence-corrected chi connectivity index (χ0v) is 29.5. The van der Waals surface area contributed by atoms with E-state index in [-0.39, 0.29) is 43.0 Å². The first-order chi connectivity index (χ1) is 20.7. The van der Waals surface area contributed by atoms with Crippen LogP contribution in [0.4, 0.5) is 0 Å². The molecule has 0 unspecified atom stereocenters. The molecule has 1 aromatic heterocycles. The van der Waals surface area contributed by atoms with Crippen molar-refractivity contribution in [2.24, 2.45) is 23.7 Å². The average Bonchev–Trinajstić information content (AvgIpc) is 3.23. The van der Waals surface area contributed by atoms with Crippen LogP contribution in [0.15, 0.2) is 6.07 Å². The Morgan fingerprint density at radius 3 is 2.00 bits per heavy atom. The molecule has 1 rings (SSSR count). The lowest BCUT2D eigenvalue weighted by atomic mass is 9.91. The summed E-state index contributed by atoms with van der Waals surface area (Å²) < 4.78 is 26.0. The van der Waals surface area contributed by atoms with E-state index in [2.05, 4.69) is 26.4 Å². The fraction of sp³-hybridized carbons (Fsp3) is 0.774. The summed E-state index contributed by atoms with van der Waals surface area (Å²) in [6.07, 6.45) is 0.111. The molecule has 0 aromatic carbocycles. The van der Waals surface area contributed by atoms with Gasteiger partial charge < -0.3 is 26.4 Å². The van der Waals surface area contributed by atoms with Gasteiger partial charge in [-0.05, 0) is 50.5 Å². The summed E-state index contributed by atoms with van der Waals surface area (Å²) in [5.41, 5.74) is 1.67. The van der Waals surface area contributed by atoms with Crippen molar-refractivity contribution in [3.8, 4) is 0 Å². The Morgan fingerprint density at radius 1 is 0.889 bits per heavy atom. The monoisotopic (exact) mass is 656 g/mol. The summed E-state index contributed by atoms with van der Waals surface area (Å²) in [7, 11) is -3.67. The van der Waals surface area contributed by atoms with E-state index >= 15 is 0 Å². The zero-order chi connectivity index (χ0) is 34.6. The molecule has 0 fully saturated rings. The van der Waals surface area contributed by atoms with Crippen molar-refractivity contribution in [3.05, 3.63) is 17.5 Å². The normalized spacial score (nSPS) is 15.3. The van der Waals surface area contributed by atoms with E-state index < -0.39 is 63.5 Å². The van der Waals surface area contributed by atoms with Crippen LogP contribution in [0.25, 0.3) is 0 Å². The van der Waals surface area contributed by atoms with Crippen LogP contribution in [0, 0.1) is 37.5 Å². The summed E-state index contributed by atoms with van der Waals surface area (Å²) >= 11 is 0. The molecule has 1 aromatic rings. The molecular weight excluding hydrogens is 600 g/mol. The summed E-state index contributed by atoms with van der Waals surface area (Å²) in [6.45, 7) is 17.5. The smallest absolute Gasteiger partial charge is 0.243 e. The molecule has 258 valence electrons. The highest BCUT2D eigenvalue weighted by Gasteiger charge is 2.32. The number of nitrogens with one attached hydrogen (secondary N) is 4. The number of aliphatic hydroxyl groups excluding tert-OH is 1. The minimum absolute atomic E-state index is 0.0202. The summed E-state index contributed by atoms with van der Waals surface area (Å²) in [5, 5.41) is 26.4. The van der Waals surface area contributed by atoms with Crippen molar-refractivity contribution in [1.29, 1.82) is 0 Å². The number of hydrogen-bond donors (Lipinski definition) is 5. The lowest BCUT2D eigenvalue weighted by molar-refractivity contribution is -0.132. The van der Waals surface area contributed by atoms with Gasteiger partial charge in [0.05, 0.1) is 23.6 Å². The molecule has 45 heavy (non-hydrogen) atoms. The molecule has 0 aliphatic rings. The van der Waals surface area contributed by atoms with E-state index in [1.165, 1.54) is 0 Å². The van der Waals surface area contributed by atoms with E-state index in [0.29, 0.717) is 13.0 Å². The van der Waals surface area contributed by atoms with Gasteiger partial charge in [0.15, 0.2) is 0 Å². The third-order valence-corrected chi connectivity index (χ3v) is 8.21. The van der Waals surface area contributed by atoms with Gasteiger partial charge in [0.25, 0.3) is 0 Å². The number of aryl methyl sites for hydroxylation is 3. The van der Waals surface area contributed by atoms with Gasteiger partial charge in [-0.3, -0.25) is 23.9 Å². The Morgan fingerprint density at radius 2 is 1.51 bits per heavy atom. The molecule has 4 amide bonds. The van der Waals surface area contributed by atoms with Gasteiger partial charge in [-0.2, -0.15) is 5.10 Å². The first kappa shape index (κ1) is 40.0. The molecule has 0 aliphatic carbocycles. The lowest BCUT2D eigenvalue weighted by Gasteiger charge is -2.30. The maximum Gasteiger partial charge on any atom is 0.243 e. The number of nitrogens with zero attached hydrogens (tertiary/aromatic N) is 2. The van der Waals surface area contributed by atoms with Crippen LogP contribution < -0.4 is 21.3 Å². The first-order valence-corrected chi connectivity index (χ1v) is 17.8. The number of hydrogen-bond acceptors (Lipinski definition) is 8. The molecule has 0 saturated heterocycles. The molecule has 5 atom stereocenters. The van der Waals surface area contributed by atoms with Crippen LogP contribution in [-0.4, -0.2) is 89.7 Å². The fourth-order valence-electron chi connectivity index (χ4n) is 4.84. The molecule has 14 heteroatoms. The van der Waals surface area contributed by atoms with Crippen LogP contribution in [-0.2, 0) is 35.6 Å². The van der Waals surface area contributed by atoms with Crippen molar-refractivity contribution < 1.29 is 32.7 Å². The fourth-order valence-corrected chi connectivity index (χ4v) is 5.68. The van der Waals surface area contributed by atoms with E-state index in [1.54, 1.807) is 11.6 Å².